The Bertz CT molecular complexity index is 959. The molecule has 0 aliphatic heterocycles. The average Bonchev–Trinajstić information content (AvgIpc) is 3.04. The molecular weight excluding hydrogens is 352 g/mol. The average molecular weight is 369 g/mol. The second-order valence-corrected chi connectivity index (χ2v) is 5.99. The fourth-order valence-corrected chi connectivity index (χ4v) is 2.66. The highest BCUT2D eigenvalue weighted by molar-refractivity contribution is 6.31. The van der Waals surface area contributed by atoms with Crippen molar-refractivity contribution in [3.05, 3.63) is 71.0 Å². The Balaban J connectivity index is 1.76. The zero-order valence-electron chi connectivity index (χ0n) is 14.1. The number of carbonyl (C=O) groups is 2. The van der Waals surface area contributed by atoms with E-state index in [0.717, 1.165) is 11.0 Å². The van der Waals surface area contributed by atoms with Crippen molar-refractivity contribution < 1.29 is 14.0 Å². The molecule has 3 rings (SSSR count). The summed E-state index contributed by atoms with van der Waals surface area (Å²) in [6, 6.07) is 14.2. The van der Waals surface area contributed by atoms with Crippen molar-refractivity contribution in [2.45, 2.75) is 6.92 Å². The normalized spacial score (nSPS) is 11.0. The molecule has 0 radical (unpaired) electrons. The van der Waals surface area contributed by atoms with Gasteiger partial charge < -0.3 is 15.1 Å². The summed E-state index contributed by atoms with van der Waals surface area (Å²) < 4.78 is 5.63. The van der Waals surface area contributed by atoms with Crippen LogP contribution in [0, 0.1) is 0 Å². The van der Waals surface area contributed by atoms with E-state index in [1.54, 1.807) is 18.2 Å². The number of benzene rings is 2. The first-order valence-corrected chi connectivity index (χ1v) is 8.50. The summed E-state index contributed by atoms with van der Waals surface area (Å²) in [7, 11) is 0. The molecular formula is C20H17ClN2O3. The summed E-state index contributed by atoms with van der Waals surface area (Å²) in [5, 5.41) is 6.77. The summed E-state index contributed by atoms with van der Waals surface area (Å²) in [5.41, 5.74) is 1.45. The van der Waals surface area contributed by atoms with Crippen LogP contribution in [0.4, 0.5) is 5.69 Å². The van der Waals surface area contributed by atoms with Gasteiger partial charge in [-0.1, -0.05) is 29.8 Å². The van der Waals surface area contributed by atoms with Crippen LogP contribution in [-0.4, -0.2) is 18.4 Å². The van der Waals surface area contributed by atoms with E-state index < -0.39 is 0 Å². The van der Waals surface area contributed by atoms with Crippen LogP contribution in [-0.2, 0) is 4.79 Å². The molecule has 0 aliphatic carbocycles. The van der Waals surface area contributed by atoms with E-state index in [9.17, 15) is 9.59 Å². The summed E-state index contributed by atoms with van der Waals surface area (Å²) in [6.07, 6.45) is 2.94. The van der Waals surface area contributed by atoms with Crippen molar-refractivity contribution in [1.29, 1.82) is 0 Å². The number of fused-ring (bicyclic) bond motifs is 1. The second-order valence-electron chi connectivity index (χ2n) is 5.56. The quantitative estimate of drug-likeness (QED) is 0.652. The molecule has 0 aliphatic rings. The molecule has 2 N–H and O–H groups in total. The lowest BCUT2D eigenvalue weighted by molar-refractivity contribution is -0.111. The molecule has 132 valence electrons. The van der Waals surface area contributed by atoms with Gasteiger partial charge in [0.1, 0.15) is 11.3 Å². The Kier molecular flexibility index (Phi) is 5.39. The number of rotatable bonds is 5. The Labute approximate surface area is 155 Å². The number of nitrogens with one attached hydrogen (secondary N) is 2. The van der Waals surface area contributed by atoms with E-state index in [0.29, 0.717) is 28.6 Å². The molecule has 26 heavy (non-hydrogen) atoms. The van der Waals surface area contributed by atoms with Crippen LogP contribution in [0.2, 0.25) is 5.02 Å². The van der Waals surface area contributed by atoms with Crippen molar-refractivity contribution >= 4 is 46.1 Å². The molecule has 3 aromatic rings. The molecule has 2 aromatic carbocycles. The molecule has 0 spiro atoms. The van der Waals surface area contributed by atoms with Crippen molar-refractivity contribution in [3.8, 4) is 0 Å². The van der Waals surface area contributed by atoms with Gasteiger partial charge in [-0.2, -0.15) is 0 Å². The molecule has 6 heteroatoms. The number of carbonyl (C=O) groups excluding carboxylic acids is 2. The minimum Gasteiger partial charge on any atom is -0.457 e. The maximum atomic E-state index is 12.2. The Morgan fingerprint density at radius 3 is 2.73 bits per heavy atom. The monoisotopic (exact) mass is 368 g/mol. The third kappa shape index (κ3) is 4.13. The summed E-state index contributed by atoms with van der Waals surface area (Å²) in [6.45, 7) is 2.29. The zero-order chi connectivity index (χ0) is 18.5. The Morgan fingerprint density at radius 1 is 1.15 bits per heavy atom. The minimum atomic E-state index is -0.377. The molecule has 0 fully saturated rings. The highest BCUT2D eigenvalue weighted by atomic mass is 35.5. The lowest BCUT2D eigenvalue weighted by atomic mass is 10.1. The van der Waals surface area contributed by atoms with Gasteiger partial charge in [-0.3, -0.25) is 9.59 Å². The van der Waals surface area contributed by atoms with Crippen molar-refractivity contribution in [1.82, 2.24) is 5.32 Å². The Morgan fingerprint density at radius 2 is 1.96 bits per heavy atom. The molecule has 0 saturated carbocycles. The second kappa shape index (κ2) is 7.89. The van der Waals surface area contributed by atoms with Gasteiger partial charge in [-0.15, -0.1) is 0 Å². The van der Waals surface area contributed by atoms with Crippen LogP contribution >= 0.6 is 11.6 Å². The molecule has 0 atom stereocenters. The molecule has 1 heterocycles. The highest BCUT2D eigenvalue weighted by Crippen LogP contribution is 2.22. The molecule has 5 nitrogen and oxygen atoms in total. The van der Waals surface area contributed by atoms with Crippen LogP contribution in [0.15, 0.2) is 59.0 Å². The minimum absolute atomic E-state index is 0.299. The van der Waals surface area contributed by atoms with Crippen LogP contribution < -0.4 is 10.6 Å². The first kappa shape index (κ1) is 17.8. The van der Waals surface area contributed by atoms with Gasteiger partial charge in [0, 0.05) is 23.0 Å². The van der Waals surface area contributed by atoms with Crippen molar-refractivity contribution in [2.24, 2.45) is 0 Å². The van der Waals surface area contributed by atoms with E-state index in [1.807, 2.05) is 37.3 Å². The van der Waals surface area contributed by atoms with Crippen molar-refractivity contribution in [2.75, 3.05) is 11.9 Å². The predicted octanol–water partition coefficient (Wildman–Crippen LogP) is 4.49. The highest BCUT2D eigenvalue weighted by Gasteiger charge is 2.13. The standard InChI is InChI=1S/C20H17ClN2O3/c1-2-22-20(25)16-12-14(21)7-9-17(16)23-19(24)10-8-15-11-13-5-3-4-6-18(13)26-15/h3-12H,2H2,1H3,(H,22,25)(H,23,24). The summed E-state index contributed by atoms with van der Waals surface area (Å²) in [4.78, 5) is 24.3. The SMILES string of the molecule is CCNC(=O)c1cc(Cl)ccc1NC(=O)C=Cc1cc2ccccc2o1. The largest absolute Gasteiger partial charge is 0.457 e. The third-order valence-electron chi connectivity index (χ3n) is 3.66. The smallest absolute Gasteiger partial charge is 0.253 e. The maximum absolute atomic E-state index is 12.2. The van der Waals surface area contributed by atoms with Gasteiger partial charge in [-0.25, -0.2) is 0 Å². The van der Waals surface area contributed by atoms with Gasteiger partial charge >= 0.3 is 0 Å². The topological polar surface area (TPSA) is 71.3 Å². The van der Waals surface area contributed by atoms with E-state index in [2.05, 4.69) is 10.6 Å². The van der Waals surface area contributed by atoms with Crippen LogP contribution in [0.1, 0.15) is 23.0 Å². The number of hydrogen-bond donors (Lipinski definition) is 2. The van der Waals surface area contributed by atoms with E-state index >= 15 is 0 Å². The molecule has 0 bridgehead atoms. The van der Waals surface area contributed by atoms with Crippen LogP contribution in [0.5, 0.6) is 0 Å². The predicted molar refractivity (Wildman–Crippen MR) is 103 cm³/mol. The molecule has 1 aromatic heterocycles. The van der Waals surface area contributed by atoms with E-state index in [-0.39, 0.29) is 11.8 Å². The number of amides is 2. The lowest BCUT2D eigenvalue weighted by Crippen LogP contribution is -2.24. The number of furan rings is 1. The van der Waals surface area contributed by atoms with Crippen LogP contribution in [0.25, 0.3) is 17.0 Å². The molecule has 2 amide bonds. The third-order valence-corrected chi connectivity index (χ3v) is 3.90. The maximum Gasteiger partial charge on any atom is 0.253 e. The lowest BCUT2D eigenvalue weighted by Gasteiger charge is -2.10. The number of para-hydroxylation sites is 1. The van der Waals surface area contributed by atoms with Gasteiger partial charge in [0.15, 0.2) is 0 Å². The summed E-state index contributed by atoms with van der Waals surface area (Å²) in [5.74, 6) is -0.105. The van der Waals surface area contributed by atoms with Gasteiger partial charge in [0.2, 0.25) is 5.91 Å². The molecule has 0 unspecified atom stereocenters. The van der Waals surface area contributed by atoms with E-state index in [1.165, 1.54) is 12.1 Å². The van der Waals surface area contributed by atoms with E-state index in [4.69, 9.17) is 16.0 Å². The van der Waals surface area contributed by atoms with Gasteiger partial charge in [0.05, 0.1) is 11.3 Å². The fourth-order valence-electron chi connectivity index (χ4n) is 2.49. The number of hydrogen-bond acceptors (Lipinski definition) is 3. The van der Waals surface area contributed by atoms with Crippen LogP contribution in [0.3, 0.4) is 0 Å². The first-order chi connectivity index (χ1) is 12.6. The first-order valence-electron chi connectivity index (χ1n) is 8.12. The van der Waals surface area contributed by atoms with Crippen molar-refractivity contribution in [3.63, 3.8) is 0 Å². The zero-order valence-corrected chi connectivity index (χ0v) is 14.8. The van der Waals surface area contributed by atoms with Gasteiger partial charge in [0.25, 0.3) is 5.91 Å². The molecule has 0 saturated heterocycles. The Hall–Kier alpha value is -3.05. The van der Waals surface area contributed by atoms with Gasteiger partial charge in [-0.05, 0) is 43.3 Å². The summed E-state index contributed by atoms with van der Waals surface area (Å²) >= 11 is 5.96. The fraction of sp³-hybridized carbons (Fsp3) is 0.100. The number of anilines is 1. The number of halogens is 1.